The third-order valence-electron chi connectivity index (χ3n) is 3.59. The molecule has 112 valence electrons. The van der Waals surface area contributed by atoms with Gasteiger partial charge in [-0.2, -0.15) is 4.98 Å². The van der Waals surface area contributed by atoms with Gasteiger partial charge in [0.05, 0.1) is 13.7 Å². The molecule has 3 rings (SSSR count). The Hall–Kier alpha value is -1.92. The quantitative estimate of drug-likeness (QED) is 0.921. The van der Waals surface area contributed by atoms with E-state index in [1.807, 2.05) is 24.3 Å². The molecule has 1 saturated heterocycles. The van der Waals surface area contributed by atoms with Gasteiger partial charge >= 0.3 is 0 Å². The summed E-state index contributed by atoms with van der Waals surface area (Å²) in [7, 11) is 1.65. The van der Waals surface area contributed by atoms with Crippen LogP contribution in [0, 0.1) is 0 Å². The Morgan fingerprint density at radius 2 is 2.29 bits per heavy atom. The van der Waals surface area contributed by atoms with Crippen molar-refractivity contribution < 1.29 is 9.26 Å². The van der Waals surface area contributed by atoms with Crippen molar-refractivity contribution in [3.63, 3.8) is 0 Å². The molecule has 1 aliphatic heterocycles. The molecule has 1 aliphatic rings. The van der Waals surface area contributed by atoms with Gasteiger partial charge in [0, 0.05) is 18.7 Å². The summed E-state index contributed by atoms with van der Waals surface area (Å²) in [5.41, 5.74) is 0.905. The molecule has 1 fully saturated rings. The molecule has 0 bridgehead atoms. The molecule has 2 heterocycles. The van der Waals surface area contributed by atoms with Gasteiger partial charge in [-0.05, 0) is 31.6 Å². The molecule has 6 nitrogen and oxygen atoms in total. The average molecular weight is 288 g/mol. The van der Waals surface area contributed by atoms with Crippen molar-refractivity contribution in [3.05, 3.63) is 30.2 Å². The highest BCUT2D eigenvalue weighted by molar-refractivity contribution is 5.56. The Labute approximate surface area is 124 Å². The van der Waals surface area contributed by atoms with E-state index in [4.69, 9.17) is 9.26 Å². The lowest BCUT2D eigenvalue weighted by Gasteiger charge is -2.16. The lowest BCUT2D eigenvalue weighted by molar-refractivity contribution is 0.239. The lowest BCUT2D eigenvalue weighted by Crippen LogP contribution is -2.27. The molecule has 2 aromatic rings. The highest BCUT2D eigenvalue weighted by atomic mass is 16.5. The number of nitrogens with one attached hydrogen (secondary N) is 1. The van der Waals surface area contributed by atoms with Crippen LogP contribution in [0.15, 0.2) is 28.8 Å². The van der Waals surface area contributed by atoms with E-state index in [0.717, 1.165) is 43.9 Å². The van der Waals surface area contributed by atoms with Gasteiger partial charge in [0.15, 0.2) is 0 Å². The summed E-state index contributed by atoms with van der Waals surface area (Å²) in [6.07, 6.45) is 1.15. The summed E-state index contributed by atoms with van der Waals surface area (Å²) < 4.78 is 10.6. The van der Waals surface area contributed by atoms with E-state index >= 15 is 0 Å². The Bertz CT molecular complexity index is 577. The molecule has 1 N–H and O–H groups in total. The van der Waals surface area contributed by atoms with Crippen LogP contribution in [0.5, 0.6) is 5.75 Å². The highest BCUT2D eigenvalue weighted by Crippen LogP contribution is 2.21. The van der Waals surface area contributed by atoms with Crippen LogP contribution in [0.2, 0.25) is 0 Å². The number of ether oxygens (including phenoxy) is 1. The maximum atomic E-state index is 5.37. The molecule has 1 aromatic heterocycles. The van der Waals surface area contributed by atoms with Gasteiger partial charge in [-0.1, -0.05) is 17.3 Å². The Balaban J connectivity index is 1.70. The first-order valence-electron chi connectivity index (χ1n) is 7.25. The predicted octanol–water partition coefficient (Wildman–Crippen LogP) is 1.54. The van der Waals surface area contributed by atoms with E-state index in [1.54, 1.807) is 7.11 Å². The minimum Gasteiger partial charge on any atom is -0.497 e. The molecule has 0 saturated carbocycles. The van der Waals surface area contributed by atoms with Crippen LogP contribution in [-0.2, 0) is 6.54 Å². The predicted molar refractivity (Wildman–Crippen MR) is 79.0 cm³/mol. The van der Waals surface area contributed by atoms with Gasteiger partial charge in [0.25, 0.3) is 0 Å². The number of methoxy groups -OCH3 is 1. The number of rotatable bonds is 4. The van der Waals surface area contributed by atoms with E-state index < -0.39 is 0 Å². The summed E-state index contributed by atoms with van der Waals surface area (Å²) >= 11 is 0. The summed E-state index contributed by atoms with van der Waals surface area (Å²) in [5, 5.41) is 7.45. The molecular formula is C15H20N4O2. The van der Waals surface area contributed by atoms with Crippen LogP contribution in [0.3, 0.4) is 0 Å². The number of nitrogens with zero attached hydrogens (tertiary/aromatic N) is 3. The zero-order valence-electron chi connectivity index (χ0n) is 12.2. The van der Waals surface area contributed by atoms with E-state index in [-0.39, 0.29) is 0 Å². The van der Waals surface area contributed by atoms with Gasteiger partial charge < -0.3 is 14.6 Å². The first kappa shape index (κ1) is 14.0. The molecule has 0 unspecified atom stereocenters. The van der Waals surface area contributed by atoms with Crippen molar-refractivity contribution in [3.8, 4) is 17.1 Å². The minimum atomic E-state index is 0.608. The number of hydrogen-bond donors (Lipinski definition) is 1. The Morgan fingerprint density at radius 3 is 3.19 bits per heavy atom. The molecule has 0 radical (unpaired) electrons. The molecule has 0 atom stereocenters. The highest BCUT2D eigenvalue weighted by Gasteiger charge is 2.14. The van der Waals surface area contributed by atoms with E-state index in [0.29, 0.717) is 18.3 Å². The molecule has 6 heteroatoms. The summed E-state index contributed by atoms with van der Waals surface area (Å²) in [4.78, 5) is 6.82. The molecule has 0 amide bonds. The second kappa shape index (κ2) is 6.69. The van der Waals surface area contributed by atoms with Crippen LogP contribution < -0.4 is 10.1 Å². The number of benzene rings is 1. The summed E-state index contributed by atoms with van der Waals surface area (Å²) in [6.45, 7) is 4.87. The molecule has 1 aromatic carbocycles. The van der Waals surface area contributed by atoms with Crippen LogP contribution in [-0.4, -0.2) is 48.3 Å². The average Bonchev–Trinajstić information content (AvgIpc) is 2.83. The van der Waals surface area contributed by atoms with Crippen molar-refractivity contribution in [1.82, 2.24) is 20.4 Å². The molecule has 21 heavy (non-hydrogen) atoms. The topological polar surface area (TPSA) is 63.4 Å². The van der Waals surface area contributed by atoms with Crippen molar-refractivity contribution in [2.45, 2.75) is 13.0 Å². The molecule has 0 aliphatic carbocycles. The maximum Gasteiger partial charge on any atom is 0.241 e. The fraction of sp³-hybridized carbons (Fsp3) is 0.467. The van der Waals surface area contributed by atoms with E-state index in [9.17, 15) is 0 Å². The third kappa shape index (κ3) is 3.59. The lowest BCUT2D eigenvalue weighted by atomic mass is 10.2. The standard InChI is InChI=1S/C15H20N4O2/c1-20-13-5-2-4-12(10-13)15-17-14(21-18-15)11-19-8-3-6-16-7-9-19/h2,4-5,10,16H,3,6-9,11H2,1H3. The molecule has 0 spiro atoms. The second-order valence-electron chi connectivity index (χ2n) is 5.12. The number of hydrogen-bond acceptors (Lipinski definition) is 6. The van der Waals surface area contributed by atoms with Gasteiger partial charge in [-0.15, -0.1) is 0 Å². The fourth-order valence-electron chi connectivity index (χ4n) is 2.45. The fourth-order valence-corrected chi connectivity index (χ4v) is 2.45. The maximum absolute atomic E-state index is 5.37. The van der Waals surface area contributed by atoms with E-state index in [1.165, 1.54) is 0 Å². The van der Waals surface area contributed by atoms with Gasteiger partial charge in [-0.25, -0.2) is 0 Å². The largest absolute Gasteiger partial charge is 0.497 e. The minimum absolute atomic E-state index is 0.608. The van der Waals surface area contributed by atoms with E-state index in [2.05, 4.69) is 20.4 Å². The van der Waals surface area contributed by atoms with Gasteiger partial charge in [0.2, 0.25) is 11.7 Å². The van der Waals surface area contributed by atoms with Gasteiger partial charge in [-0.3, -0.25) is 4.90 Å². The monoisotopic (exact) mass is 288 g/mol. The molecular weight excluding hydrogens is 268 g/mol. The Morgan fingerprint density at radius 1 is 1.33 bits per heavy atom. The number of aromatic nitrogens is 2. The van der Waals surface area contributed by atoms with Crippen molar-refractivity contribution in [2.75, 3.05) is 33.3 Å². The van der Waals surface area contributed by atoms with Crippen LogP contribution in [0.25, 0.3) is 11.4 Å². The Kier molecular flexibility index (Phi) is 4.47. The van der Waals surface area contributed by atoms with Crippen LogP contribution >= 0.6 is 0 Å². The first-order valence-corrected chi connectivity index (χ1v) is 7.25. The zero-order valence-corrected chi connectivity index (χ0v) is 12.2. The third-order valence-corrected chi connectivity index (χ3v) is 3.59. The van der Waals surface area contributed by atoms with Crippen molar-refractivity contribution in [1.29, 1.82) is 0 Å². The van der Waals surface area contributed by atoms with Gasteiger partial charge in [0.1, 0.15) is 5.75 Å². The smallest absolute Gasteiger partial charge is 0.241 e. The summed E-state index contributed by atoms with van der Waals surface area (Å²) in [6, 6.07) is 7.68. The van der Waals surface area contributed by atoms with Crippen LogP contribution in [0.4, 0.5) is 0 Å². The summed E-state index contributed by atoms with van der Waals surface area (Å²) in [5.74, 6) is 2.06. The van der Waals surface area contributed by atoms with Crippen LogP contribution in [0.1, 0.15) is 12.3 Å². The SMILES string of the molecule is COc1cccc(-c2noc(CN3CCCNCC3)n2)c1. The van der Waals surface area contributed by atoms with Crippen molar-refractivity contribution in [2.24, 2.45) is 0 Å². The first-order chi connectivity index (χ1) is 10.3. The van der Waals surface area contributed by atoms with Crippen molar-refractivity contribution >= 4 is 0 Å². The second-order valence-corrected chi connectivity index (χ2v) is 5.12. The normalized spacial score (nSPS) is 16.6. The zero-order chi connectivity index (χ0) is 14.5.